The maximum absolute atomic E-state index is 13.1. The number of hydrogen-bond donors (Lipinski definition) is 1. The quantitative estimate of drug-likeness (QED) is 0.738. The standard InChI is InChI=1S/C21H33NO3S/c1-7-25-18(23)14-10-16(20(3,4)5)26-17(14)22-19(24)21(6)11-13-8-12(2)9-15(13)21/h10,12-15,17H,7-9,11H2,1-6H3,(H,22,24). The highest BCUT2D eigenvalue weighted by Gasteiger charge is 2.58. The largest absolute Gasteiger partial charge is 0.465 e. The summed E-state index contributed by atoms with van der Waals surface area (Å²) in [6, 6.07) is 0. The number of thioether (sulfide) groups is 1. The maximum atomic E-state index is 13.1. The van der Waals surface area contributed by atoms with Crippen LogP contribution in [0.5, 0.6) is 0 Å². The molecule has 1 amide bonds. The van der Waals surface area contributed by atoms with E-state index in [-0.39, 0.29) is 28.1 Å². The van der Waals surface area contributed by atoms with Gasteiger partial charge in [-0.25, -0.2) is 0 Å². The molecule has 0 aromatic heterocycles. The Hall–Kier alpha value is -0.970. The van der Waals surface area contributed by atoms with E-state index in [0.29, 0.717) is 18.4 Å². The fraction of sp³-hybridized carbons (Fsp3) is 0.810. The molecule has 5 heteroatoms. The molecule has 1 heterocycles. The van der Waals surface area contributed by atoms with Gasteiger partial charge in [-0.2, -0.15) is 0 Å². The summed E-state index contributed by atoms with van der Waals surface area (Å²) in [6.07, 6.45) is 5.39. The van der Waals surface area contributed by atoms with Crippen molar-refractivity contribution in [3.63, 3.8) is 0 Å². The second-order valence-electron chi connectivity index (χ2n) is 9.64. The summed E-state index contributed by atoms with van der Waals surface area (Å²) in [5, 5.41) is 2.95. The first-order valence-corrected chi connectivity index (χ1v) is 10.8. The first-order chi connectivity index (χ1) is 12.1. The van der Waals surface area contributed by atoms with Crippen LogP contribution in [0.15, 0.2) is 11.0 Å². The smallest absolute Gasteiger partial charge is 0.315 e. The maximum Gasteiger partial charge on any atom is 0.315 e. The van der Waals surface area contributed by atoms with Gasteiger partial charge in [-0.15, -0.1) is 11.8 Å². The van der Waals surface area contributed by atoms with E-state index in [0.717, 1.165) is 23.7 Å². The van der Waals surface area contributed by atoms with Crippen LogP contribution in [0.2, 0.25) is 0 Å². The number of rotatable bonds is 4. The summed E-state index contributed by atoms with van der Waals surface area (Å²) >= 11 is 1.61. The van der Waals surface area contributed by atoms with Gasteiger partial charge in [0.05, 0.1) is 12.0 Å². The number of allylic oxidation sites excluding steroid dienone is 1. The van der Waals surface area contributed by atoms with E-state index in [4.69, 9.17) is 4.74 Å². The number of fused-ring (bicyclic) bond motifs is 1. The molecule has 1 N–H and O–H groups in total. The molecule has 1 aliphatic heterocycles. The van der Waals surface area contributed by atoms with Crippen LogP contribution in [0.3, 0.4) is 0 Å². The second-order valence-corrected chi connectivity index (χ2v) is 10.8. The van der Waals surface area contributed by atoms with Crippen molar-refractivity contribution < 1.29 is 14.3 Å². The van der Waals surface area contributed by atoms with Crippen LogP contribution >= 0.6 is 11.8 Å². The van der Waals surface area contributed by atoms with Gasteiger partial charge < -0.3 is 10.1 Å². The van der Waals surface area contributed by atoms with Gasteiger partial charge in [0.1, 0.15) is 5.92 Å². The van der Waals surface area contributed by atoms with Gasteiger partial charge in [0.25, 0.3) is 0 Å². The molecule has 0 spiro atoms. The lowest BCUT2D eigenvalue weighted by Crippen LogP contribution is -2.55. The SMILES string of the molecule is CCOC(=O)C1C=C(C(C)(C)C)SC1NC(=O)C1(C)CC2CC(C)CC21. The summed E-state index contributed by atoms with van der Waals surface area (Å²) in [7, 11) is 0. The van der Waals surface area contributed by atoms with Crippen molar-refractivity contribution in [3.8, 4) is 0 Å². The molecule has 0 radical (unpaired) electrons. The molecule has 0 aromatic carbocycles. The molecule has 3 rings (SSSR count). The van der Waals surface area contributed by atoms with Gasteiger partial charge in [-0.3, -0.25) is 9.59 Å². The van der Waals surface area contributed by atoms with Crippen molar-refractivity contribution >= 4 is 23.6 Å². The Kier molecular flexibility index (Phi) is 5.24. The Morgan fingerprint density at radius 3 is 2.62 bits per heavy atom. The highest BCUT2D eigenvalue weighted by Crippen LogP contribution is 2.60. The molecule has 0 saturated heterocycles. The summed E-state index contributed by atoms with van der Waals surface area (Å²) < 4.78 is 5.26. The number of ether oxygens (including phenoxy) is 1. The molecule has 0 bridgehead atoms. The van der Waals surface area contributed by atoms with Crippen LogP contribution in [0.25, 0.3) is 0 Å². The lowest BCUT2D eigenvalue weighted by atomic mass is 9.55. The molecular formula is C21H33NO3S. The Balaban J connectivity index is 1.71. The highest BCUT2D eigenvalue weighted by molar-refractivity contribution is 8.04. The zero-order valence-electron chi connectivity index (χ0n) is 16.9. The molecule has 6 unspecified atom stereocenters. The third-order valence-electron chi connectivity index (χ3n) is 6.44. The van der Waals surface area contributed by atoms with Crippen molar-refractivity contribution in [3.05, 3.63) is 11.0 Å². The summed E-state index contributed by atoms with van der Waals surface area (Å²) in [5.41, 5.74) is -0.319. The minimum Gasteiger partial charge on any atom is -0.465 e. The van der Waals surface area contributed by atoms with E-state index in [2.05, 4.69) is 39.9 Å². The Morgan fingerprint density at radius 2 is 2.04 bits per heavy atom. The number of esters is 1. The van der Waals surface area contributed by atoms with Gasteiger partial charge in [0.2, 0.25) is 5.91 Å². The summed E-state index contributed by atoms with van der Waals surface area (Å²) in [4.78, 5) is 26.7. The molecule has 4 nitrogen and oxygen atoms in total. The average molecular weight is 380 g/mol. The Morgan fingerprint density at radius 1 is 1.35 bits per heavy atom. The van der Waals surface area contributed by atoms with Crippen molar-refractivity contribution in [1.82, 2.24) is 5.32 Å². The third kappa shape index (κ3) is 3.44. The van der Waals surface area contributed by atoms with Gasteiger partial charge in [0, 0.05) is 5.41 Å². The molecular weight excluding hydrogens is 346 g/mol. The predicted octanol–water partition coefficient (Wildman–Crippen LogP) is 4.36. The van der Waals surface area contributed by atoms with Crippen molar-refractivity contribution in [2.75, 3.05) is 6.61 Å². The minimum absolute atomic E-state index is 0.0404. The molecule has 6 atom stereocenters. The van der Waals surface area contributed by atoms with Crippen molar-refractivity contribution in [2.24, 2.45) is 34.5 Å². The lowest BCUT2D eigenvalue weighted by Gasteiger charge is -2.49. The van der Waals surface area contributed by atoms with E-state index in [1.165, 1.54) is 6.42 Å². The predicted molar refractivity (Wildman–Crippen MR) is 105 cm³/mol. The normalized spacial score (nSPS) is 39.0. The number of hydrogen-bond acceptors (Lipinski definition) is 4. The second kappa shape index (κ2) is 6.88. The van der Waals surface area contributed by atoms with Crippen molar-refractivity contribution in [1.29, 1.82) is 0 Å². The van der Waals surface area contributed by atoms with Gasteiger partial charge in [0.15, 0.2) is 0 Å². The molecule has 2 aliphatic carbocycles. The minimum atomic E-state index is -0.403. The molecule has 2 saturated carbocycles. The van der Waals surface area contributed by atoms with Crippen LogP contribution in [-0.4, -0.2) is 23.9 Å². The fourth-order valence-electron chi connectivity index (χ4n) is 4.98. The van der Waals surface area contributed by atoms with Gasteiger partial charge >= 0.3 is 5.97 Å². The van der Waals surface area contributed by atoms with Crippen LogP contribution < -0.4 is 5.32 Å². The van der Waals surface area contributed by atoms with Crippen molar-refractivity contribution in [2.45, 2.75) is 66.2 Å². The topological polar surface area (TPSA) is 55.4 Å². The van der Waals surface area contributed by atoms with E-state index >= 15 is 0 Å². The third-order valence-corrected chi connectivity index (χ3v) is 8.10. The van der Waals surface area contributed by atoms with E-state index < -0.39 is 5.92 Å². The average Bonchev–Trinajstić information content (AvgIpc) is 3.08. The number of amides is 1. The Labute approximate surface area is 161 Å². The number of nitrogens with one attached hydrogen (secondary N) is 1. The zero-order chi connectivity index (χ0) is 19.3. The van der Waals surface area contributed by atoms with Crippen LogP contribution in [0.1, 0.15) is 60.8 Å². The zero-order valence-corrected chi connectivity index (χ0v) is 17.7. The van der Waals surface area contributed by atoms with E-state index in [1.807, 2.05) is 13.0 Å². The fourth-order valence-corrected chi connectivity index (χ4v) is 6.33. The van der Waals surface area contributed by atoms with E-state index in [1.54, 1.807) is 11.8 Å². The molecule has 3 aliphatic rings. The first-order valence-electron chi connectivity index (χ1n) is 9.92. The highest BCUT2D eigenvalue weighted by atomic mass is 32.2. The monoisotopic (exact) mass is 379 g/mol. The first kappa shape index (κ1) is 19.8. The summed E-state index contributed by atoms with van der Waals surface area (Å²) in [5.74, 6) is 1.40. The molecule has 26 heavy (non-hydrogen) atoms. The summed E-state index contributed by atoms with van der Waals surface area (Å²) in [6.45, 7) is 13.0. The molecule has 0 aromatic rings. The van der Waals surface area contributed by atoms with Gasteiger partial charge in [-0.1, -0.05) is 40.7 Å². The molecule has 2 fully saturated rings. The van der Waals surface area contributed by atoms with E-state index in [9.17, 15) is 9.59 Å². The van der Waals surface area contributed by atoms with Gasteiger partial charge in [-0.05, 0) is 54.3 Å². The van der Waals surface area contributed by atoms with Crippen LogP contribution in [0, 0.1) is 34.5 Å². The molecule has 146 valence electrons. The van der Waals surface area contributed by atoms with Crippen LogP contribution in [-0.2, 0) is 14.3 Å². The lowest BCUT2D eigenvalue weighted by molar-refractivity contribution is -0.148. The Bertz CT molecular complexity index is 623. The number of carbonyl (C=O) groups excluding carboxylic acids is 2. The van der Waals surface area contributed by atoms with Crippen LogP contribution in [0.4, 0.5) is 0 Å². The number of carbonyl (C=O) groups is 2.